The van der Waals surface area contributed by atoms with Crippen LogP contribution in [0.25, 0.3) is 11.5 Å². The van der Waals surface area contributed by atoms with E-state index in [0.29, 0.717) is 17.5 Å². The van der Waals surface area contributed by atoms with Gasteiger partial charge in [0.15, 0.2) is 0 Å². The van der Waals surface area contributed by atoms with E-state index in [1.807, 2.05) is 23.1 Å². The predicted molar refractivity (Wildman–Crippen MR) is 114 cm³/mol. The number of unbranched alkanes of at least 4 members (excludes halogenated alkanes) is 3. The van der Waals surface area contributed by atoms with E-state index in [1.165, 1.54) is 6.26 Å². The van der Waals surface area contributed by atoms with Crippen molar-refractivity contribution < 1.29 is 24.8 Å². The number of benzene rings is 1. The van der Waals surface area contributed by atoms with E-state index in [2.05, 4.69) is 10.3 Å². The third-order valence-corrected chi connectivity index (χ3v) is 5.86. The van der Waals surface area contributed by atoms with Crippen LogP contribution in [-0.4, -0.2) is 80.9 Å². The molecule has 2 heterocycles. The number of aromatic nitrogens is 1. The molecule has 4 atom stereocenters. The number of nitrogens with zero attached hydrogens (tertiary/aromatic N) is 2. The Balaban J connectivity index is 1.34. The van der Waals surface area contributed by atoms with Gasteiger partial charge in [0.05, 0.1) is 35.7 Å². The molecule has 1 aliphatic heterocycles. The third kappa shape index (κ3) is 5.72. The van der Waals surface area contributed by atoms with Crippen LogP contribution in [0.15, 0.2) is 35.1 Å². The average molecular weight is 440 g/mol. The number of aliphatic hydroxyl groups is 4. The monoisotopic (exact) mass is 439 g/mol. The molecule has 166 valence electrons. The number of nitrogens with one attached hydrogen (secondary N) is 1. The number of anilines is 1. The molecule has 5 N–H and O–H groups in total. The van der Waals surface area contributed by atoms with Crippen molar-refractivity contribution in [3.05, 3.63) is 35.7 Å². The van der Waals surface area contributed by atoms with Crippen LogP contribution >= 0.6 is 11.6 Å². The van der Waals surface area contributed by atoms with Gasteiger partial charge in [0.2, 0.25) is 5.89 Å². The van der Waals surface area contributed by atoms with Crippen molar-refractivity contribution in [1.82, 2.24) is 9.88 Å². The highest BCUT2D eigenvalue weighted by Gasteiger charge is 2.40. The lowest BCUT2D eigenvalue weighted by molar-refractivity contribution is -0.145. The number of oxazole rings is 1. The van der Waals surface area contributed by atoms with E-state index in [4.69, 9.17) is 16.0 Å². The molecule has 1 aromatic carbocycles. The van der Waals surface area contributed by atoms with Crippen LogP contribution in [0.3, 0.4) is 0 Å². The molecule has 0 radical (unpaired) electrons. The Labute approximate surface area is 181 Å². The first kappa shape index (κ1) is 23.0. The normalized spacial score (nSPS) is 24.8. The summed E-state index contributed by atoms with van der Waals surface area (Å²) in [5.74, 6) is 0.537. The molecular weight excluding hydrogens is 410 g/mol. The minimum atomic E-state index is -1.21. The molecule has 2 aromatic rings. The molecule has 0 saturated carbocycles. The lowest BCUT2D eigenvalue weighted by Gasteiger charge is -2.43. The highest BCUT2D eigenvalue weighted by Crippen LogP contribution is 2.28. The van der Waals surface area contributed by atoms with E-state index in [0.717, 1.165) is 43.5 Å². The molecule has 0 amide bonds. The smallest absolute Gasteiger partial charge is 0.225 e. The fraction of sp³-hybridized carbons (Fsp3) is 0.571. The van der Waals surface area contributed by atoms with Gasteiger partial charge in [0.1, 0.15) is 18.5 Å². The Bertz CT molecular complexity index is 776. The largest absolute Gasteiger partial charge is 0.445 e. The Morgan fingerprint density at radius 2 is 1.93 bits per heavy atom. The first-order chi connectivity index (χ1) is 14.5. The predicted octanol–water partition coefficient (Wildman–Crippen LogP) is 1.73. The Hall–Kier alpha value is -1.68. The molecule has 1 fully saturated rings. The Morgan fingerprint density at radius 1 is 1.13 bits per heavy atom. The van der Waals surface area contributed by atoms with Gasteiger partial charge in [-0.15, -0.1) is 0 Å². The van der Waals surface area contributed by atoms with E-state index in [1.54, 1.807) is 6.20 Å². The van der Waals surface area contributed by atoms with Gasteiger partial charge in [0, 0.05) is 18.7 Å². The minimum absolute atomic E-state index is 0.246. The van der Waals surface area contributed by atoms with Crippen LogP contribution in [0.1, 0.15) is 25.7 Å². The Kier molecular flexibility index (Phi) is 8.50. The summed E-state index contributed by atoms with van der Waals surface area (Å²) < 4.78 is 5.28. The van der Waals surface area contributed by atoms with Crippen molar-refractivity contribution in [2.45, 2.75) is 50.0 Å². The fourth-order valence-electron chi connectivity index (χ4n) is 3.81. The van der Waals surface area contributed by atoms with Gasteiger partial charge in [-0.3, -0.25) is 4.90 Å². The van der Waals surface area contributed by atoms with Gasteiger partial charge in [-0.2, -0.15) is 0 Å². The second kappa shape index (κ2) is 11.1. The van der Waals surface area contributed by atoms with E-state index >= 15 is 0 Å². The van der Waals surface area contributed by atoms with Crippen LogP contribution in [0.4, 0.5) is 5.69 Å². The molecule has 0 aliphatic carbocycles. The van der Waals surface area contributed by atoms with Crippen LogP contribution in [0.2, 0.25) is 5.02 Å². The zero-order valence-corrected chi connectivity index (χ0v) is 17.6. The number of β-amino-alcohol motifs (C(OH)–C–C–N with tert-alkyl or cyclic N) is 1. The second-order valence-electron chi connectivity index (χ2n) is 7.67. The first-order valence-corrected chi connectivity index (χ1v) is 10.7. The topological polar surface area (TPSA) is 122 Å². The van der Waals surface area contributed by atoms with Crippen LogP contribution < -0.4 is 5.32 Å². The van der Waals surface area contributed by atoms with Crippen molar-refractivity contribution in [3.8, 4) is 11.5 Å². The zero-order valence-electron chi connectivity index (χ0n) is 16.8. The molecule has 4 unspecified atom stereocenters. The van der Waals surface area contributed by atoms with Crippen molar-refractivity contribution in [1.29, 1.82) is 0 Å². The van der Waals surface area contributed by atoms with Gasteiger partial charge in [-0.25, -0.2) is 4.98 Å². The standard InChI is InChI=1S/C21H30ClN3O5/c22-15-11-14(21-24-8-10-30-21)5-6-16(15)23-7-3-1-2-4-9-25-12-18(27)20(29)19(28)17(25)13-26/h5-6,8,10-11,17-20,23,26-29H,1-4,7,9,12-13H2. The number of piperidine rings is 1. The van der Waals surface area contributed by atoms with Gasteiger partial charge in [-0.1, -0.05) is 24.4 Å². The highest BCUT2D eigenvalue weighted by molar-refractivity contribution is 6.33. The molecule has 9 heteroatoms. The molecule has 0 bridgehead atoms. The molecule has 8 nitrogen and oxygen atoms in total. The van der Waals surface area contributed by atoms with Crippen LogP contribution in [0.5, 0.6) is 0 Å². The highest BCUT2D eigenvalue weighted by atomic mass is 35.5. The van der Waals surface area contributed by atoms with Crippen molar-refractivity contribution in [2.24, 2.45) is 0 Å². The summed E-state index contributed by atoms with van der Waals surface area (Å²) >= 11 is 6.34. The van der Waals surface area contributed by atoms with Crippen molar-refractivity contribution in [3.63, 3.8) is 0 Å². The maximum Gasteiger partial charge on any atom is 0.225 e. The zero-order chi connectivity index (χ0) is 21.5. The number of likely N-dealkylation sites (tertiary alicyclic amines) is 1. The number of halogens is 1. The maximum absolute atomic E-state index is 10.0. The number of hydrogen-bond acceptors (Lipinski definition) is 8. The van der Waals surface area contributed by atoms with Crippen LogP contribution in [0, 0.1) is 0 Å². The lowest BCUT2D eigenvalue weighted by atomic mass is 9.94. The summed E-state index contributed by atoms with van der Waals surface area (Å²) in [5, 5.41) is 43.0. The summed E-state index contributed by atoms with van der Waals surface area (Å²) in [4.78, 5) is 5.97. The van der Waals surface area contributed by atoms with Gasteiger partial charge in [0.25, 0.3) is 0 Å². The van der Waals surface area contributed by atoms with Crippen molar-refractivity contribution >= 4 is 17.3 Å². The van der Waals surface area contributed by atoms with Crippen LogP contribution in [-0.2, 0) is 0 Å². The van der Waals surface area contributed by atoms with E-state index in [9.17, 15) is 20.4 Å². The summed E-state index contributed by atoms with van der Waals surface area (Å²) in [6.07, 6.45) is 3.65. The van der Waals surface area contributed by atoms with E-state index < -0.39 is 24.4 Å². The van der Waals surface area contributed by atoms with E-state index in [-0.39, 0.29) is 13.2 Å². The second-order valence-corrected chi connectivity index (χ2v) is 8.07. The average Bonchev–Trinajstić information content (AvgIpc) is 3.27. The fourth-order valence-corrected chi connectivity index (χ4v) is 4.06. The molecule has 1 aromatic heterocycles. The molecular formula is C21H30ClN3O5. The summed E-state index contributed by atoms with van der Waals surface area (Å²) in [5.41, 5.74) is 1.70. The quantitative estimate of drug-likeness (QED) is 0.355. The van der Waals surface area contributed by atoms with Gasteiger partial charge < -0.3 is 30.2 Å². The van der Waals surface area contributed by atoms with Gasteiger partial charge >= 0.3 is 0 Å². The Morgan fingerprint density at radius 3 is 2.63 bits per heavy atom. The molecule has 1 aliphatic rings. The SMILES string of the molecule is OCC1C(O)C(O)C(O)CN1CCCCCCNc1ccc(-c2ncco2)cc1Cl. The van der Waals surface area contributed by atoms with Crippen molar-refractivity contribution in [2.75, 3.05) is 31.6 Å². The van der Waals surface area contributed by atoms with Gasteiger partial charge in [-0.05, 0) is 37.6 Å². The third-order valence-electron chi connectivity index (χ3n) is 5.55. The number of aliphatic hydroxyl groups excluding tert-OH is 4. The first-order valence-electron chi connectivity index (χ1n) is 10.3. The number of hydrogen-bond donors (Lipinski definition) is 5. The number of rotatable bonds is 10. The maximum atomic E-state index is 10.0. The molecule has 0 spiro atoms. The molecule has 1 saturated heterocycles. The lowest BCUT2D eigenvalue weighted by Crippen LogP contribution is -2.62. The minimum Gasteiger partial charge on any atom is -0.445 e. The summed E-state index contributed by atoms with van der Waals surface area (Å²) in [7, 11) is 0. The molecule has 3 rings (SSSR count). The summed E-state index contributed by atoms with van der Waals surface area (Å²) in [6.45, 7) is 1.47. The summed E-state index contributed by atoms with van der Waals surface area (Å²) in [6, 6.07) is 5.12. The molecule has 30 heavy (non-hydrogen) atoms.